The van der Waals surface area contributed by atoms with E-state index in [1.807, 2.05) is 18.2 Å². The maximum Gasteiger partial charge on any atom is 0.270 e. The summed E-state index contributed by atoms with van der Waals surface area (Å²) in [5.41, 5.74) is 7.40. The second-order valence-electron chi connectivity index (χ2n) is 4.51. The lowest BCUT2D eigenvalue weighted by atomic mass is 10.1. The summed E-state index contributed by atoms with van der Waals surface area (Å²) in [6, 6.07) is 13.5. The van der Waals surface area contributed by atoms with Crippen LogP contribution in [0.3, 0.4) is 0 Å². The van der Waals surface area contributed by atoms with Crippen molar-refractivity contribution in [1.82, 2.24) is 10.3 Å². The average Bonchev–Trinajstić information content (AvgIpc) is 2.52. The molecule has 4 N–H and O–H groups in total. The van der Waals surface area contributed by atoms with Crippen LogP contribution in [0.15, 0.2) is 53.7 Å². The number of amides is 1. The SMILES string of the molecule is Cc1cccc(C(=O)NC(/C(N)=N/O)c2ccccc2)n1. The van der Waals surface area contributed by atoms with Gasteiger partial charge < -0.3 is 16.3 Å². The molecule has 1 heterocycles. The van der Waals surface area contributed by atoms with Crippen LogP contribution in [0, 0.1) is 6.92 Å². The van der Waals surface area contributed by atoms with Gasteiger partial charge in [-0.05, 0) is 24.6 Å². The number of hydrogen-bond donors (Lipinski definition) is 3. The minimum Gasteiger partial charge on any atom is -0.409 e. The van der Waals surface area contributed by atoms with E-state index in [4.69, 9.17) is 10.9 Å². The second-order valence-corrected chi connectivity index (χ2v) is 4.51. The first-order chi connectivity index (χ1) is 10.1. The van der Waals surface area contributed by atoms with Gasteiger partial charge in [-0.3, -0.25) is 4.79 Å². The van der Waals surface area contributed by atoms with Crippen molar-refractivity contribution in [2.45, 2.75) is 13.0 Å². The molecule has 0 spiro atoms. The number of rotatable bonds is 4. The van der Waals surface area contributed by atoms with Gasteiger partial charge in [0, 0.05) is 5.69 Å². The molecular weight excluding hydrogens is 268 g/mol. The number of nitrogens with two attached hydrogens (primary N) is 1. The van der Waals surface area contributed by atoms with Crippen molar-refractivity contribution >= 4 is 11.7 Å². The molecule has 1 atom stereocenters. The molecule has 0 saturated carbocycles. The Bertz CT molecular complexity index is 656. The van der Waals surface area contributed by atoms with Crippen LogP contribution in [0.4, 0.5) is 0 Å². The van der Waals surface area contributed by atoms with E-state index in [1.54, 1.807) is 37.3 Å². The Hall–Kier alpha value is -2.89. The predicted molar refractivity (Wildman–Crippen MR) is 79.0 cm³/mol. The number of hydrogen-bond acceptors (Lipinski definition) is 4. The summed E-state index contributed by atoms with van der Waals surface area (Å²) < 4.78 is 0. The maximum atomic E-state index is 12.2. The van der Waals surface area contributed by atoms with Crippen LogP contribution in [-0.4, -0.2) is 21.9 Å². The summed E-state index contributed by atoms with van der Waals surface area (Å²) in [4.78, 5) is 16.4. The number of carbonyl (C=O) groups is 1. The smallest absolute Gasteiger partial charge is 0.270 e. The van der Waals surface area contributed by atoms with Gasteiger partial charge in [0.2, 0.25) is 0 Å². The van der Waals surface area contributed by atoms with Crippen molar-refractivity contribution in [2.75, 3.05) is 0 Å². The summed E-state index contributed by atoms with van der Waals surface area (Å²) in [5.74, 6) is -0.485. The number of carbonyl (C=O) groups excluding carboxylic acids is 1. The third-order valence-electron chi connectivity index (χ3n) is 2.94. The van der Waals surface area contributed by atoms with Crippen molar-refractivity contribution in [1.29, 1.82) is 0 Å². The molecule has 0 aliphatic heterocycles. The zero-order chi connectivity index (χ0) is 15.2. The van der Waals surface area contributed by atoms with Gasteiger partial charge >= 0.3 is 0 Å². The summed E-state index contributed by atoms with van der Waals surface area (Å²) in [5, 5.41) is 14.6. The largest absolute Gasteiger partial charge is 0.409 e. The Labute approximate surface area is 122 Å². The van der Waals surface area contributed by atoms with Crippen LogP contribution in [0.5, 0.6) is 0 Å². The number of oxime groups is 1. The Morgan fingerprint density at radius 2 is 1.95 bits per heavy atom. The molecule has 0 saturated heterocycles. The third-order valence-corrected chi connectivity index (χ3v) is 2.94. The lowest BCUT2D eigenvalue weighted by Crippen LogP contribution is -2.38. The van der Waals surface area contributed by atoms with E-state index in [1.165, 1.54) is 0 Å². The van der Waals surface area contributed by atoms with E-state index in [0.29, 0.717) is 5.56 Å². The first-order valence-corrected chi connectivity index (χ1v) is 6.38. The molecule has 0 radical (unpaired) electrons. The lowest BCUT2D eigenvalue weighted by molar-refractivity contribution is 0.0941. The quantitative estimate of drug-likeness (QED) is 0.343. The van der Waals surface area contributed by atoms with Crippen LogP contribution in [0.2, 0.25) is 0 Å². The molecule has 2 aromatic rings. The van der Waals surface area contributed by atoms with Crippen molar-refractivity contribution in [3.8, 4) is 0 Å². The van der Waals surface area contributed by atoms with E-state index in [-0.39, 0.29) is 17.4 Å². The highest BCUT2D eigenvalue weighted by molar-refractivity contribution is 5.97. The van der Waals surface area contributed by atoms with Crippen molar-refractivity contribution < 1.29 is 10.0 Å². The molecule has 1 aromatic heterocycles. The Morgan fingerprint density at radius 1 is 1.24 bits per heavy atom. The van der Waals surface area contributed by atoms with Crippen molar-refractivity contribution in [3.05, 3.63) is 65.5 Å². The zero-order valence-corrected chi connectivity index (χ0v) is 11.5. The van der Waals surface area contributed by atoms with Gasteiger partial charge in [-0.25, -0.2) is 4.98 Å². The topological polar surface area (TPSA) is 101 Å². The minimum atomic E-state index is -0.717. The molecule has 0 aliphatic carbocycles. The van der Waals surface area contributed by atoms with Crippen LogP contribution in [-0.2, 0) is 0 Å². The van der Waals surface area contributed by atoms with E-state index in [0.717, 1.165) is 5.69 Å². The fourth-order valence-corrected chi connectivity index (χ4v) is 1.91. The molecule has 1 amide bonds. The van der Waals surface area contributed by atoms with Crippen LogP contribution < -0.4 is 11.1 Å². The molecule has 1 unspecified atom stereocenters. The molecule has 6 nitrogen and oxygen atoms in total. The van der Waals surface area contributed by atoms with Gasteiger partial charge in [-0.2, -0.15) is 0 Å². The Morgan fingerprint density at radius 3 is 2.57 bits per heavy atom. The number of pyridine rings is 1. The van der Waals surface area contributed by atoms with Gasteiger partial charge in [0.1, 0.15) is 11.7 Å². The highest BCUT2D eigenvalue weighted by atomic mass is 16.4. The fourth-order valence-electron chi connectivity index (χ4n) is 1.91. The number of nitrogens with zero attached hydrogens (tertiary/aromatic N) is 2. The highest BCUT2D eigenvalue weighted by Gasteiger charge is 2.20. The molecule has 108 valence electrons. The molecular formula is C15H16N4O2. The van der Waals surface area contributed by atoms with Crippen molar-refractivity contribution in [3.63, 3.8) is 0 Å². The van der Waals surface area contributed by atoms with Crippen LogP contribution in [0.25, 0.3) is 0 Å². The number of amidine groups is 1. The predicted octanol–water partition coefficient (Wildman–Crippen LogP) is 1.61. The van der Waals surface area contributed by atoms with Crippen LogP contribution >= 0.6 is 0 Å². The normalized spacial score (nSPS) is 12.7. The van der Waals surface area contributed by atoms with Crippen LogP contribution in [0.1, 0.15) is 27.8 Å². The molecule has 2 rings (SSSR count). The molecule has 6 heteroatoms. The van der Waals surface area contributed by atoms with E-state index in [9.17, 15) is 4.79 Å². The van der Waals surface area contributed by atoms with Gasteiger partial charge in [0.25, 0.3) is 5.91 Å². The monoisotopic (exact) mass is 284 g/mol. The van der Waals surface area contributed by atoms with Gasteiger partial charge in [-0.1, -0.05) is 41.6 Å². The summed E-state index contributed by atoms with van der Waals surface area (Å²) >= 11 is 0. The summed E-state index contributed by atoms with van der Waals surface area (Å²) in [6.45, 7) is 1.80. The van der Waals surface area contributed by atoms with Gasteiger partial charge in [0.15, 0.2) is 5.84 Å². The molecule has 1 aromatic carbocycles. The number of aryl methyl sites for hydroxylation is 1. The zero-order valence-electron chi connectivity index (χ0n) is 11.5. The molecule has 0 fully saturated rings. The first kappa shape index (κ1) is 14.5. The van der Waals surface area contributed by atoms with E-state index in [2.05, 4.69) is 15.5 Å². The summed E-state index contributed by atoms with van der Waals surface area (Å²) in [6.07, 6.45) is 0. The average molecular weight is 284 g/mol. The Balaban J connectivity index is 2.26. The highest BCUT2D eigenvalue weighted by Crippen LogP contribution is 2.13. The van der Waals surface area contributed by atoms with Gasteiger partial charge in [0.05, 0.1) is 0 Å². The fraction of sp³-hybridized carbons (Fsp3) is 0.133. The van der Waals surface area contributed by atoms with E-state index >= 15 is 0 Å². The Kier molecular flexibility index (Phi) is 4.50. The standard InChI is InChI=1S/C15H16N4O2/c1-10-6-5-9-12(17-10)15(20)18-13(14(16)19-21)11-7-3-2-4-8-11/h2-9,13,21H,1H3,(H2,16,19)(H,18,20). The molecule has 21 heavy (non-hydrogen) atoms. The third kappa shape index (κ3) is 3.56. The number of nitrogens with one attached hydrogen (secondary N) is 1. The molecule has 0 aliphatic rings. The van der Waals surface area contributed by atoms with Crippen molar-refractivity contribution in [2.24, 2.45) is 10.9 Å². The van der Waals surface area contributed by atoms with Gasteiger partial charge in [-0.15, -0.1) is 0 Å². The minimum absolute atomic E-state index is 0.0952. The summed E-state index contributed by atoms with van der Waals surface area (Å²) in [7, 11) is 0. The van der Waals surface area contributed by atoms with E-state index < -0.39 is 6.04 Å². The number of benzene rings is 1. The molecule has 0 bridgehead atoms. The number of aromatic nitrogens is 1. The lowest BCUT2D eigenvalue weighted by Gasteiger charge is -2.17. The second kappa shape index (κ2) is 6.51. The maximum absolute atomic E-state index is 12.2. The first-order valence-electron chi connectivity index (χ1n) is 6.38.